The van der Waals surface area contributed by atoms with Gasteiger partial charge in [-0.2, -0.15) is 0 Å². The molecule has 0 bridgehead atoms. The summed E-state index contributed by atoms with van der Waals surface area (Å²) in [7, 11) is 0. The summed E-state index contributed by atoms with van der Waals surface area (Å²) >= 11 is 0. The van der Waals surface area contributed by atoms with Crippen molar-refractivity contribution in [2.75, 3.05) is 13.2 Å². The van der Waals surface area contributed by atoms with Crippen LogP contribution in [0.3, 0.4) is 0 Å². The van der Waals surface area contributed by atoms with E-state index in [0.29, 0.717) is 19.5 Å². The Morgan fingerprint density at radius 2 is 1.22 bits per heavy atom. The standard InChI is InChI=1S/C27H29N3O2/c1-2-29(20-24-16-10-5-11-17-24)21-30-25(31)27(28-26(30)32,18-22-12-6-3-7-13-22)19-23-14-8-4-9-15-23/h3-17H,2,18-21H2,1H3,(H,28,32)/p+1. The molecule has 5 heteroatoms. The molecule has 0 aromatic heterocycles. The molecule has 5 nitrogen and oxygen atoms in total. The number of hydrogen-bond acceptors (Lipinski definition) is 2. The zero-order chi connectivity index (χ0) is 22.4. The molecule has 1 heterocycles. The van der Waals surface area contributed by atoms with E-state index >= 15 is 0 Å². The number of carbonyl (C=O) groups excluding carboxylic acids is 2. The van der Waals surface area contributed by atoms with Gasteiger partial charge in [-0.1, -0.05) is 91.0 Å². The fourth-order valence-electron chi connectivity index (χ4n) is 4.41. The van der Waals surface area contributed by atoms with Crippen LogP contribution in [0.2, 0.25) is 0 Å². The van der Waals surface area contributed by atoms with Crippen LogP contribution in [-0.4, -0.2) is 35.6 Å². The van der Waals surface area contributed by atoms with Crippen LogP contribution in [0.1, 0.15) is 23.6 Å². The summed E-state index contributed by atoms with van der Waals surface area (Å²) in [4.78, 5) is 29.4. The molecule has 32 heavy (non-hydrogen) atoms. The van der Waals surface area contributed by atoms with E-state index in [1.807, 2.05) is 78.9 Å². The lowest BCUT2D eigenvalue weighted by molar-refractivity contribution is -0.919. The van der Waals surface area contributed by atoms with E-state index in [-0.39, 0.29) is 11.9 Å². The summed E-state index contributed by atoms with van der Waals surface area (Å²) < 4.78 is 0. The first kappa shape index (κ1) is 21.8. The Kier molecular flexibility index (Phi) is 6.66. The second-order valence-electron chi connectivity index (χ2n) is 8.49. The van der Waals surface area contributed by atoms with Gasteiger partial charge < -0.3 is 10.2 Å². The fraction of sp³-hybridized carbons (Fsp3) is 0.259. The first-order valence-corrected chi connectivity index (χ1v) is 11.2. The van der Waals surface area contributed by atoms with E-state index in [1.54, 1.807) is 0 Å². The third-order valence-electron chi connectivity index (χ3n) is 6.12. The highest BCUT2D eigenvalue weighted by atomic mass is 16.2. The van der Waals surface area contributed by atoms with Crippen molar-refractivity contribution in [1.82, 2.24) is 10.2 Å². The molecule has 0 aliphatic carbocycles. The average Bonchev–Trinajstić information content (AvgIpc) is 3.04. The molecule has 1 aliphatic heterocycles. The third kappa shape index (κ3) is 4.89. The smallest absolute Gasteiger partial charge is 0.322 e. The number of urea groups is 1. The highest BCUT2D eigenvalue weighted by Gasteiger charge is 2.52. The Morgan fingerprint density at radius 1 is 0.750 bits per heavy atom. The third-order valence-corrected chi connectivity index (χ3v) is 6.12. The number of nitrogens with one attached hydrogen (secondary N) is 2. The van der Waals surface area contributed by atoms with Gasteiger partial charge in [0.1, 0.15) is 12.1 Å². The Bertz CT molecular complexity index is 997. The number of amides is 3. The summed E-state index contributed by atoms with van der Waals surface area (Å²) in [6, 6.07) is 29.7. The molecule has 164 valence electrons. The zero-order valence-corrected chi connectivity index (χ0v) is 18.5. The molecule has 1 saturated heterocycles. The van der Waals surface area contributed by atoms with Crippen LogP contribution < -0.4 is 10.2 Å². The van der Waals surface area contributed by atoms with Gasteiger partial charge in [-0.3, -0.25) is 4.79 Å². The molecule has 4 rings (SSSR count). The predicted octanol–water partition coefficient (Wildman–Crippen LogP) is 2.82. The minimum Gasteiger partial charge on any atom is -0.322 e. The van der Waals surface area contributed by atoms with Gasteiger partial charge in [0, 0.05) is 18.4 Å². The van der Waals surface area contributed by atoms with E-state index in [4.69, 9.17) is 0 Å². The number of benzene rings is 3. The van der Waals surface area contributed by atoms with Crippen molar-refractivity contribution in [2.24, 2.45) is 0 Å². The molecule has 1 fully saturated rings. The molecule has 3 amide bonds. The molecular formula is C27H30N3O2+. The molecule has 3 aromatic carbocycles. The van der Waals surface area contributed by atoms with Gasteiger partial charge in [0.2, 0.25) is 0 Å². The fourth-order valence-corrected chi connectivity index (χ4v) is 4.41. The van der Waals surface area contributed by atoms with E-state index in [9.17, 15) is 9.59 Å². The topological polar surface area (TPSA) is 53.9 Å². The largest absolute Gasteiger partial charge is 0.329 e. The van der Waals surface area contributed by atoms with Crippen molar-refractivity contribution in [3.8, 4) is 0 Å². The maximum atomic E-state index is 13.8. The van der Waals surface area contributed by atoms with Crippen LogP contribution in [-0.2, 0) is 24.2 Å². The van der Waals surface area contributed by atoms with Gasteiger partial charge in [-0.15, -0.1) is 0 Å². The number of hydrogen-bond donors (Lipinski definition) is 2. The lowest BCUT2D eigenvalue weighted by atomic mass is 9.84. The minimum atomic E-state index is -0.981. The second kappa shape index (κ2) is 9.79. The van der Waals surface area contributed by atoms with Crippen LogP contribution in [0.15, 0.2) is 91.0 Å². The normalized spacial score (nSPS) is 16.1. The lowest BCUT2D eigenvalue weighted by Gasteiger charge is -2.28. The average molecular weight is 429 g/mol. The first-order chi connectivity index (χ1) is 15.6. The number of rotatable bonds is 9. The van der Waals surface area contributed by atoms with Crippen molar-refractivity contribution in [2.45, 2.75) is 31.8 Å². The van der Waals surface area contributed by atoms with Crippen LogP contribution in [0, 0.1) is 0 Å². The van der Waals surface area contributed by atoms with Crippen molar-refractivity contribution in [1.29, 1.82) is 0 Å². The quantitative estimate of drug-likeness (QED) is 0.515. The van der Waals surface area contributed by atoms with Gasteiger partial charge in [0.15, 0.2) is 6.67 Å². The molecule has 0 spiro atoms. The molecule has 0 saturated carbocycles. The molecule has 1 aliphatic rings. The maximum Gasteiger partial charge on any atom is 0.329 e. The predicted molar refractivity (Wildman–Crippen MR) is 125 cm³/mol. The molecule has 0 radical (unpaired) electrons. The van der Waals surface area contributed by atoms with Crippen molar-refractivity contribution in [3.05, 3.63) is 108 Å². The Labute approximate surface area is 189 Å². The maximum absolute atomic E-state index is 13.8. The molecule has 1 atom stereocenters. The summed E-state index contributed by atoms with van der Waals surface area (Å²) in [5, 5.41) is 3.08. The van der Waals surface area contributed by atoms with Crippen LogP contribution in [0.25, 0.3) is 0 Å². The minimum absolute atomic E-state index is 0.144. The summed E-state index contributed by atoms with van der Waals surface area (Å²) in [5.41, 5.74) is 2.27. The molecule has 2 N–H and O–H groups in total. The van der Waals surface area contributed by atoms with Crippen molar-refractivity contribution >= 4 is 11.9 Å². The number of carbonyl (C=O) groups is 2. The lowest BCUT2D eigenvalue weighted by Crippen LogP contribution is -3.12. The molecular weight excluding hydrogens is 398 g/mol. The van der Waals surface area contributed by atoms with Gasteiger partial charge in [0.05, 0.1) is 6.54 Å². The number of nitrogens with zero attached hydrogens (tertiary/aromatic N) is 1. The number of imide groups is 1. The summed E-state index contributed by atoms with van der Waals surface area (Å²) in [6.07, 6.45) is 0.925. The number of quaternary nitrogens is 1. The molecule has 1 unspecified atom stereocenters. The second-order valence-corrected chi connectivity index (χ2v) is 8.49. The summed E-state index contributed by atoms with van der Waals surface area (Å²) in [6.45, 7) is 4.01. The Hall–Kier alpha value is -3.44. The van der Waals surface area contributed by atoms with Crippen molar-refractivity contribution < 1.29 is 14.5 Å². The van der Waals surface area contributed by atoms with Gasteiger partial charge in [-0.05, 0) is 18.1 Å². The molecule has 3 aromatic rings. The SMILES string of the molecule is CC[NH+](Cc1ccccc1)CN1C(=O)NC(Cc2ccccc2)(Cc2ccccc2)C1=O. The van der Waals surface area contributed by atoms with E-state index in [2.05, 4.69) is 24.4 Å². The zero-order valence-electron chi connectivity index (χ0n) is 18.5. The van der Waals surface area contributed by atoms with Gasteiger partial charge in [-0.25, -0.2) is 9.69 Å². The van der Waals surface area contributed by atoms with Crippen LogP contribution in [0.4, 0.5) is 4.79 Å². The first-order valence-electron chi connectivity index (χ1n) is 11.2. The highest BCUT2D eigenvalue weighted by molar-refractivity contribution is 6.07. The van der Waals surface area contributed by atoms with Gasteiger partial charge in [0.25, 0.3) is 5.91 Å². The van der Waals surface area contributed by atoms with Crippen LogP contribution >= 0.6 is 0 Å². The van der Waals surface area contributed by atoms with Crippen molar-refractivity contribution in [3.63, 3.8) is 0 Å². The Balaban J connectivity index is 1.58. The monoisotopic (exact) mass is 428 g/mol. The van der Waals surface area contributed by atoms with E-state index in [0.717, 1.165) is 29.1 Å². The van der Waals surface area contributed by atoms with E-state index in [1.165, 1.54) is 10.5 Å². The van der Waals surface area contributed by atoms with Crippen LogP contribution in [0.5, 0.6) is 0 Å². The van der Waals surface area contributed by atoms with Gasteiger partial charge >= 0.3 is 6.03 Å². The highest BCUT2D eigenvalue weighted by Crippen LogP contribution is 2.26. The van der Waals surface area contributed by atoms with E-state index < -0.39 is 5.54 Å². The summed E-state index contributed by atoms with van der Waals surface area (Å²) in [5.74, 6) is -0.144. The Morgan fingerprint density at radius 3 is 1.69 bits per heavy atom.